The molecule has 0 spiro atoms. The summed E-state index contributed by atoms with van der Waals surface area (Å²) in [5, 5.41) is 10.7. The largest absolute Gasteiger partial charge is 0.326 e. The Hall–Kier alpha value is -1.20. The molecule has 0 aromatic heterocycles. The zero-order valence-electron chi connectivity index (χ0n) is 8.66. The molecule has 16 heavy (non-hydrogen) atoms. The van der Waals surface area contributed by atoms with Crippen molar-refractivity contribution in [1.82, 2.24) is 0 Å². The molecule has 0 saturated carbocycles. The molecule has 0 N–H and O–H groups in total. The molecular formula is C10H9ClFNO3. The first-order chi connectivity index (χ1) is 7.28. The lowest BCUT2D eigenvalue weighted by Gasteiger charge is -2.07. The van der Waals surface area contributed by atoms with Gasteiger partial charge in [-0.1, -0.05) is 17.7 Å². The molecule has 1 aromatic carbocycles. The summed E-state index contributed by atoms with van der Waals surface area (Å²) in [5.41, 5.74) is -0.956. The van der Waals surface area contributed by atoms with Crippen molar-refractivity contribution in [2.24, 2.45) is 0 Å². The van der Waals surface area contributed by atoms with Crippen molar-refractivity contribution in [2.45, 2.75) is 25.3 Å². The van der Waals surface area contributed by atoms with E-state index in [2.05, 4.69) is 0 Å². The number of epoxide rings is 1. The topological polar surface area (TPSA) is 55.7 Å². The fourth-order valence-corrected chi connectivity index (χ4v) is 1.81. The van der Waals surface area contributed by atoms with E-state index in [0.717, 1.165) is 0 Å². The average molecular weight is 246 g/mol. The number of rotatable bonds is 2. The number of nitro groups is 1. The van der Waals surface area contributed by atoms with Crippen LogP contribution in [-0.2, 0) is 10.3 Å². The van der Waals surface area contributed by atoms with E-state index in [1.54, 1.807) is 6.92 Å². The number of alkyl halides is 1. The van der Waals surface area contributed by atoms with Crippen LogP contribution in [0.25, 0.3) is 0 Å². The normalized spacial score (nSPS) is 32.5. The van der Waals surface area contributed by atoms with E-state index in [1.165, 1.54) is 25.1 Å². The van der Waals surface area contributed by atoms with Crippen molar-refractivity contribution < 1.29 is 14.1 Å². The summed E-state index contributed by atoms with van der Waals surface area (Å²) in [4.78, 5) is 10.1. The molecule has 0 amide bonds. The van der Waals surface area contributed by atoms with Gasteiger partial charge < -0.3 is 4.74 Å². The van der Waals surface area contributed by atoms with E-state index >= 15 is 0 Å². The Labute approximate surface area is 96.1 Å². The van der Waals surface area contributed by atoms with Gasteiger partial charge in [-0.15, -0.1) is 0 Å². The van der Waals surface area contributed by atoms with Gasteiger partial charge in [-0.05, 0) is 25.5 Å². The van der Waals surface area contributed by atoms with Gasteiger partial charge in [-0.25, -0.2) is 4.39 Å². The first-order valence-electron chi connectivity index (χ1n) is 4.61. The molecule has 2 unspecified atom stereocenters. The quantitative estimate of drug-likeness (QED) is 0.457. The molecule has 1 saturated heterocycles. The molecule has 4 nitrogen and oxygen atoms in total. The van der Waals surface area contributed by atoms with E-state index < -0.39 is 16.4 Å². The molecule has 86 valence electrons. The van der Waals surface area contributed by atoms with Crippen LogP contribution >= 0.6 is 11.6 Å². The lowest BCUT2D eigenvalue weighted by Crippen LogP contribution is -2.13. The molecular weight excluding hydrogens is 237 g/mol. The van der Waals surface area contributed by atoms with Gasteiger partial charge in [-0.2, -0.15) is 0 Å². The van der Waals surface area contributed by atoms with Crippen LogP contribution in [0.3, 0.4) is 0 Å². The third-order valence-electron chi connectivity index (χ3n) is 2.90. The van der Waals surface area contributed by atoms with Crippen LogP contribution in [-0.4, -0.2) is 10.8 Å². The fourth-order valence-electron chi connectivity index (χ4n) is 1.62. The lowest BCUT2D eigenvalue weighted by molar-refractivity contribution is -0.384. The van der Waals surface area contributed by atoms with Gasteiger partial charge in [0.15, 0.2) is 5.60 Å². The minimum Gasteiger partial charge on any atom is -0.326 e. The number of nitro benzene ring substituents is 1. The zero-order chi connectivity index (χ0) is 12.1. The molecule has 0 radical (unpaired) electrons. The standard InChI is InChI=1S/C10H9ClFNO3/c1-9(10(2,12)16-9)6-3-4-7(11)8(5-6)13(14)15/h3-5H,1-2H3. The van der Waals surface area contributed by atoms with Crippen molar-refractivity contribution >= 4 is 17.3 Å². The molecule has 1 heterocycles. The van der Waals surface area contributed by atoms with Crippen LogP contribution in [0.1, 0.15) is 19.4 Å². The molecule has 2 rings (SSSR count). The van der Waals surface area contributed by atoms with Gasteiger partial charge in [0.25, 0.3) is 5.69 Å². The summed E-state index contributed by atoms with van der Waals surface area (Å²) in [5.74, 6) is -1.78. The second kappa shape index (κ2) is 3.15. The summed E-state index contributed by atoms with van der Waals surface area (Å²) in [6.45, 7) is 2.83. The molecule has 0 aliphatic carbocycles. The van der Waals surface area contributed by atoms with Crippen molar-refractivity contribution in [2.75, 3.05) is 0 Å². The summed E-state index contributed by atoms with van der Waals surface area (Å²) in [6, 6.07) is 4.14. The van der Waals surface area contributed by atoms with Gasteiger partial charge in [-0.3, -0.25) is 10.1 Å². The Morgan fingerprint density at radius 2 is 2.06 bits per heavy atom. The van der Waals surface area contributed by atoms with Crippen LogP contribution in [0.2, 0.25) is 5.02 Å². The lowest BCUT2D eigenvalue weighted by atomic mass is 9.96. The van der Waals surface area contributed by atoms with E-state index in [4.69, 9.17) is 16.3 Å². The zero-order valence-corrected chi connectivity index (χ0v) is 9.42. The van der Waals surface area contributed by atoms with Gasteiger partial charge in [0.1, 0.15) is 5.02 Å². The maximum absolute atomic E-state index is 13.5. The summed E-state index contributed by atoms with van der Waals surface area (Å²) < 4.78 is 18.5. The fraction of sp³-hybridized carbons (Fsp3) is 0.400. The number of benzene rings is 1. The number of nitrogens with zero attached hydrogens (tertiary/aromatic N) is 1. The van der Waals surface area contributed by atoms with Crippen LogP contribution in [0, 0.1) is 10.1 Å². The monoisotopic (exact) mass is 245 g/mol. The SMILES string of the molecule is CC1(F)OC1(C)c1ccc(Cl)c([N+](=O)[O-])c1. The van der Waals surface area contributed by atoms with Crippen LogP contribution in [0.4, 0.5) is 10.1 Å². The highest BCUT2D eigenvalue weighted by molar-refractivity contribution is 6.32. The Morgan fingerprint density at radius 3 is 2.50 bits per heavy atom. The van der Waals surface area contributed by atoms with Crippen molar-refractivity contribution in [3.05, 3.63) is 38.9 Å². The Kier molecular flexibility index (Phi) is 2.22. The number of halogens is 2. The summed E-state index contributed by atoms with van der Waals surface area (Å²) in [6.07, 6.45) is 0. The molecule has 1 aromatic rings. The van der Waals surface area contributed by atoms with Crippen molar-refractivity contribution in [3.63, 3.8) is 0 Å². The molecule has 1 aliphatic rings. The Bertz CT molecular complexity index is 477. The first-order valence-corrected chi connectivity index (χ1v) is 4.99. The molecule has 2 atom stereocenters. The molecule has 0 bridgehead atoms. The maximum atomic E-state index is 13.5. The minimum atomic E-state index is -1.78. The number of ether oxygens (including phenoxy) is 1. The van der Waals surface area contributed by atoms with Crippen molar-refractivity contribution in [3.8, 4) is 0 Å². The average Bonchev–Trinajstić information content (AvgIpc) is 2.67. The maximum Gasteiger partial charge on any atom is 0.288 e. The summed E-state index contributed by atoms with van der Waals surface area (Å²) in [7, 11) is 0. The third kappa shape index (κ3) is 1.47. The summed E-state index contributed by atoms with van der Waals surface area (Å²) >= 11 is 5.66. The third-order valence-corrected chi connectivity index (χ3v) is 3.22. The number of hydrogen-bond acceptors (Lipinski definition) is 3. The van der Waals surface area contributed by atoms with Gasteiger partial charge in [0, 0.05) is 6.07 Å². The first kappa shape index (κ1) is 11.3. The predicted molar refractivity (Wildman–Crippen MR) is 56.1 cm³/mol. The molecule has 1 aliphatic heterocycles. The van der Waals surface area contributed by atoms with Crippen LogP contribution in [0.5, 0.6) is 0 Å². The minimum absolute atomic E-state index is 0.0264. The Balaban J connectivity index is 2.46. The Morgan fingerprint density at radius 1 is 1.50 bits per heavy atom. The van der Waals surface area contributed by atoms with Crippen LogP contribution in [0.15, 0.2) is 18.2 Å². The smallest absolute Gasteiger partial charge is 0.288 e. The van der Waals surface area contributed by atoms with E-state index in [1.807, 2.05) is 0 Å². The number of hydrogen-bond donors (Lipinski definition) is 0. The van der Waals surface area contributed by atoms with Crippen molar-refractivity contribution in [1.29, 1.82) is 0 Å². The highest BCUT2D eigenvalue weighted by atomic mass is 35.5. The molecule has 1 fully saturated rings. The van der Waals surface area contributed by atoms with Crippen LogP contribution < -0.4 is 0 Å². The van der Waals surface area contributed by atoms with Gasteiger partial charge in [0.05, 0.1) is 4.92 Å². The second-order valence-electron chi connectivity index (χ2n) is 3.98. The van der Waals surface area contributed by atoms with Gasteiger partial charge in [0.2, 0.25) is 5.85 Å². The van der Waals surface area contributed by atoms with Gasteiger partial charge >= 0.3 is 0 Å². The van der Waals surface area contributed by atoms with E-state index in [-0.39, 0.29) is 10.7 Å². The highest BCUT2D eigenvalue weighted by Gasteiger charge is 2.66. The highest BCUT2D eigenvalue weighted by Crippen LogP contribution is 2.56. The molecule has 6 heteroatoms. The predicted octanol–water partition coefficient (Wildman–Crippen LogP) is 3.18. The van der Waals surface area contributed by atoms with E-state index in [9.17, 15) is 14.5 Å². The van der Waals surface area contributed by atoms with E-state index in [0.29, 0.717) is 5.56 Å². The second-order valence-corrected chi connectivity index (χ2v) is 4.38.